The van der Waals surface area contributed by atoms with Gasteiger partial charge in [0.25, 0.3) is 5.56 Å². The summed E-state index contributed by atoms with van der Waals surface area (Å²) < 4.78 is 7.26. The molecule has 2 aromatic heterocycles. The third kappa shape index (κ3) is 3.42. The number of Topliss-reactive ketones (excluding diaryl/α,β-unsaturated/α-hetero) is 2. The number of nitrogens with zero attached hydrogens (tertiary/aromatic N) is 1. The largest absolute Gasteiger partial charge is 0.465 e. The molecule has 1 aliphatic heterocycles. The van der Waals surface area contributed by atoms with Crippen LogP contribution in [0.5, 0.6) is 0 Å². The van der Waals surface area contributed by atoms with Crippen LogP contribution in [0.25, 0.3) is 0 Å². The quantitative estimate of drug-likeness (QED) is 0.713. The summed E-state index contributed by atoms with van der Waals surface area (Å²) in [6.45, 7) is 1.88. The van der Waals surface area contributed by atoms with E-state index in [1.165, 1.54) is 4.57 Å². The third-order valence-corrected chi connectivity index (χ3v) is 6.80. The molecule has 0 amide bonds. The zero-order valence-electron chi connectivity index (χ0n) is 15.8. The van der Waals surface area contributed by atoms with Crippen LogP contribution >= 0.6 is 11.8 Å². The van der Waals surface area contributed by atoms with Crippen molar-refractivity contribution in [2.75, 3.05) is 11.1 Å². The molecule has 3 heterocycles. The molecule has 8 heteroatoms. The second kappa shape index (κ2) is 7.60. The van der Waals surface area contributed by atoms with Crippen molar-refractivity contribution in [3.05, 3.63) is 52.3 Å². The summed E-state index contributed by atoms with van der Waals surface area (Å²) in [5.41, 5.74) is 0.0706. The lowest BCUT2D eigenvalue weighted by Crippen LogP contribution is -2.68. The number of aromatic nitrogens is 1. The lowest BCUT2D eigenvalue weighted by atomic mass is 9.82. The molecule has 4 unspecified atom stereocenters. The van der Waals surface area contributed by atoms with Gasteiger partial charge in [-0.15, -0.1) is 0 Å². The van der Waals surface area contributed by atoms with E-state index in [2.05, 4.69) is 10.6 Å². The van der Waals surface area contributed by atoms with Gasteiger partial charge >= 0.3 is 0 Å². The van der Waals surface area contributed by atoms with E-state index in [1.54, 1.807) is 25.4 Å². The van der Waals surface area contributed by atoms with Crippen LogP contribution in [0.2, 0.25) is 0 Å². The molecule has 2 fully saturated rings. The zero-order chi connectivity index (χ0) is 19.8. The molecule has 7 nitrogen and oxygen atoms in total. The first-order valence-corrected chi connectivity index (χ1v) is 10.4. The SMILES string of the molecule is Cc1ccc(C(NC2C(=O)C(=O)C2Nc2cccn(C)c2=O)C2CCCS2)o1. The van der Waals surface area contributed by atoms with Gasteiger partial charge in [0.1, 0.15) is 29.3 Å². The number of aryl methyl sites for hydroxylation is 2. The number of thioether (sulfide) groups is 1. The fourth-order valence-electron chi connectivity index (χ4n) is 3.76. The van der Waals surface area contributed by atoms with Crippen molar-refractivity contribution in [2.24, 2.45) is 7.05 Å². The van der Waals surface area contributed by atoms with E-state index in [1.807, 2.05) is 30.8 Å². The molecule has 4 rings (SSSR count). The highest BCUT2D eigenvalue weighted by atomic mass is 32.2. The van der Waals surface area contributed by atoms with Crippen LogP contribution in [0.4, 0.5) is 5.69 Å². The Morgan fingerprint density at radius 3 is 2.64 bits per heavy atom. The Bertz CT molecular complexity index is 960. The molecule has 148 valence electrons. The molecule has 2 aliphatic rings. The van der Waals surface area contributed by atoms with E-state index in [0.717, 1.165) is 30.1 Å². The average molecular weight is 401 g/mol. The number of pyridine rings is 1. The molecular formula is C20H23N3O4S. The monoisotopic (exact) mass is 401 g/mol. The Labute approximate surface area is 166 Å². The van der Waals surface area contributed by atoms with Crippen LogP contribution in [0.3, 0.4) is 0 Å². The molecule has 1 aliphatic carbocycles. The first kappa shape index (κ1) is 19.0. The van der Waals surface area contributed by atoms with E-state index in [4.69, 9.17) is 4.42 Å². The minimum atomic E-state index is -0.757. The predicted molar refractivity (Wildman–Crippen MR) is 108 cm³/mol. The lowest BCUT2D eigenvalue weighted by Gasteiger charge is -2.38. The van der Waals surface area contributed by atoms with Crippen LogP contribution in [0, 0.1) is 6.92 Å². The van der Waals surface area contributed by atoms with Crippen molar-refractivity contribution in [3.63, 3.8) is 0 Å². The van der Waals surface area contributed by atoms with E-state index < -0.39 is 23.7 Å². The minimum absolute atomic E-state index is 0.161. The molecule has 0 aromatic carbocycles. The maximum atomic E-state index is 12.3. The van der Waals surface area contributed by atoms with Crippen LogP contribution in [-0.4, -0.2) is 39.2 Å². The number of carbonyl (C=O) groups excluding carboxylic acids is 2. The summed E-state index contributed by atoms with van der Waals surface area (Å²) in [7, 11) is 1.64. The summed E-state index contributed by atoms with van der Waals surface area (Å²) in [6, 6.07) is 5.57. The van der Waals surface area contributed by atoms with Gasteiger partial charge in [-0.05, 0) is 49.8 Å². The fraction of sp³-hybridized carbons (Fsp3) is 0.450. The Hall–Kier alpha value is -2.32. The van der Waals surface area contributed by atoms with E-state index in [9.17, 15) is 14.4 Å². The number of furan rings is 1. The molecule has 1 saturated heterocycles. The van der Waals surface area contributed by atoms with E-state index in [0.29, 0.717) is 5.69 Å². The second-order valence-electron chi connectivity index (χ2n) is 7.31. The zero-order valence-corrected chi connectivity index (χ0v) is 16.6. The van der Waals surface area contributed by atoms with Crippen molar-refractivity contribution in [3.8, 4) is 0 Å². The molecule has 1 saturated carbocycles. The minimum Gasteiger partial charge on any atom is -0.465 e. The van der Waals surface area contributed by atoms with Gasteiger partial charge in [-0.1, -0.05) is 0 Å². The topological polar surface area (TPSA) is 93.3 Å². The van der Waals surface area contributed by atoms with Crippen molar-refractivity contribution >= 4 is 29.0 Å². The lowest BCUT2D eigenvalue weighted by molar-refractivity contribution is -0.145. The summed E-state index contributed by atoms with van der Waals surface area (Å²) in [5.74, 6) is 1.70. The molecule has 2 N–H and O–H groups in total. The molecule has 0 radical (unpaired) electrons. The molecule has 0 bridgehead atoms. The first-order valence-electron chi connectivity index (χ1n) is 9.40. The first-order chi connectivity index (χ1) is 13.5. The van der Waals surface area contributed by atoms with Gasteiger partial charge in [0.2, 0.25) is 11.6 Å². The Balaban J connectivity index is 1.56. The number of rotatable bonds is 6. The van der Waals surface area contributed by atoms with Crippen LogP contribution in [0.1, 0.15) is 30.4 Å². The van der Waals surface area contributed by atoms with Gasteiger partial charge in [-0.3, -0.25) is 19.7 Å². The van der Waals surface area contributed by atoms with Crippen molar-refractivity contribution in [1.82, 2.24) is 9.88 Å². The predicted octanol–water partition coefficient (Wildman–Crippen LogP) is 1.81. The number of ketones is 2. The van der Waals surface area contributed by atoms with E-state index >= 15 is 0 Å². The van der Waals surface area contributed by atoms with Gasteiger partial charge in [0, 0.05) is 18.5 Å². The van der Waals surface area contributed by atoms with Crippen molar-refractivity contribution in [1.29, 1.82) is 0 Å². The standard InChI is InChI=1S/C20H23N3O4S/c1-11-7-8-13(27-11)15(14-6-4-10-28-14)22-17-16(18(24)19(17)25)21-12-5-3-9-23(2)20(12)26/h3,5,7-9,14-17,21-22H,4,6,10H2,1-2H3. The number of carbonyl (C=O) groups is 2. The van der Waals surface area contributed by atoms with Crippen LogP contribution in [-0.2, 0) is 16.6 Å². The Morgan fingerprint density at radius 1 is 1.18 bits per heavy atom. The fourth-order valence-corrected chi connectivity index (χ4v) is 5.14. The van der Waals surface area contributed by atoms with Gasteiger partial charge in [-0.25, -0.2) is 0 Å². The molecule has 2 aromatic rings. The average Bonchev–Trinajstić information content (AvgIpc) is 3.36. The summed E-state index contributed by atoms with van der Waals surface area (Å²) in [4.78, 5) is 36.8. The van der Waals surface area contributed by atoms with Crippen molar-refractivity contribution < 1.29 is 14.0 Å². The van der Waals surface area contributed by atoms with Gasteiger partial charge in [0.05, 0.1) is 6.04 Å². The number of anilines is 1. The highest BCUT2D eigenvalue weighted by Gasteiger charge is 2.51. The number of hydrogen-bond donors (Lipinski definition) is 2. The number of hydrogen-bond acceptors (Lipinski definition) is 7. The van der Waals surface area contributed by atoms with E-state index in [-0.39, 0.29) is 16.9 Å². The maximum Gasteiger partial charge on any atom is 0.273 e. The molecule has 28 heavy (non-hydrogen) atoms. The van der Waals surface area contributed by atoms with Gasteiger partial charge in [-0.2, -0.15) is 11.8 Å². The number of nitrogens with one attached hydrogen (secondary N) is 2. The summed E-state index contributed by atoms with van der Waals surface area (Å²) in [6.07, 6.45) is 3.78. The molecule has 0 spiro atoms. The van der Waals surface area contributed by atoms with Gasteiger partial charge in [0.15, 0.2) is 0 Å². The van der Waals surface area contributed by atoms with Crippen LogP contribution < -0.4 is 16.2 Å². The van der Waals surface area contributed by atoms with Crippen LogP contribution in [0.15, 0.2) is 39.7 Å². The third-order valence-electron chi connectivity index (χ3n) is 5.34. The molecule has 4 atom stereocenters. The van der Waals surface area contributed by atoms with Crippen molar-refractivity contribution in [2.45, 2.75) is 43.1 Å². The second-order valence-corrected chi connectivity index (χ2v) is 8.66. The maximum absolute atomic E-state index is 12.3. The normalized spacial score (nSPS) is 25.6. The highest BCUT2D eigenvalue weighted by Crippen LogP contribution is 2.37. The van der Waals surface area contributed by atoms with Gasteiger partial charge < -0.3 is 14.3 Å². The molecular weight excluding hydrogens is 378 g/mol. The smallest absolute Gasteiger partial charge is 0.273 e. The Morgan fingerprint density at radius 2 is 1.96 bits per heavy atom. The highest BCUT2D eigenvalue weighted by molar-refractivity contribution is 8.00. The Kier molecular flexibility index (Phi) is 5.16. The summed E-state index contributed by atoms with van der Waals surface area (Å²) >= 11 is 1.85. The summed E-state index contributed by atoms with van der Waals surface area (Å²) in [5, 5.41) is 6.60.